The van der Waals surface area contributed by atoms with Gasteiger partial charge in [-0.2, -0.15) is 0 Å². The van der Waals surface area contributed by atoms with Crippen LogP contribution in [-0.2, 0) is 6.54 Å². The molecule has 0 aliphatic rings. The lowest BCUT2D eigenvalue weighted by Crippen LogP contribution is -2.04. The van der Waals surface area contributed by atoms with Gasteiger partial charge in [-0.05, 0) is 19.1 Å². The van der Waals surface area contributed by atoms with Crippen molar-refractivity contribution < 1.29 is 5.11 Å². The lowest BCUT2D eigenvalue weighted by Gasteiger charge is -2.05. The first-order valence-electron chi connectivity index (χ1n) is 4.80. The van der Waals surface area contributed by atoms with E-state index in [1.54, 1.807) is 22.9 Å². The molecule has 2 rings (SSSR count). The molecule has 2 N–H and O–H groups in total. The summed E-state index contributed by atoms with van der Waals surface area (Å²) in [7, 11) is 0. The van der Waals surface area contributed by atoms with E-state index >= 15 is 0 Å². The van der Waals surface area contributed by atoms with Gasteiger partial charge >= 0.3 is 0 Å². The molecule has 0 saturated heterocycles. The van der Waals surface area contributed by atoms with Crippen LogP contribution in [0.2, 0.25) is 0 Å². The van der Waals surface area contributed by atoms with Crippen molar-refractivity contribution in [2.45, 2.75) is 13.5 Å². The van der Waals surface area contributed by atoms with Crippen LogP contribution in [0.3, 0.4) is 0 Å². The fourth-order valence-corrected chi connectivity index (χ4v) is 1.58. The first-order valence-corrected chi connectivity index (χ1v) is 4.80. The summed E-state index contributed by atoms with van der Waals surface area (Å²) in [6.45, 7) is 2.63. The first kappa shape index (κ1) is 9.58. The van der Waals surface area contributed by atoms with Gasteiger partial charge in [0, 0.05) is 18.2 Å². The molecule has 0 spiro atoms. The van der Waals surface area contributed by atoms with Gasteiger partial charge in [-0.1, -0.05) is 12.1 Å². The van der Waals surface area contributed by atoms with Crippen molar-refractivity contribution in [2.75, 3.05) is 0 Å². The summed E-state index contributed by atoms with van der Waals surface area (Å²) in [5.74, 6) is 0.198. The highest BCUT2D eigenvalue weighted by atomic mass is 16.3. The number of hydrogen-bond acceptors (Lipinski definition) is 2. The van der Waals surface area contributed by atoms with Crippen LogP contribution < -0.4 is 5.56 Å². The second-order valence-electron chi connectivity index (χ2n) is 3.30. The average Bonchev–Trinajstić information content (AvgIpc) is 2.59. The molecular weight excluding hydrogens is 192 g/mol. The molecule has 0 radical (unpaired) electrons. The van der Waals surface area contributed by atoms with E-state index in [0.29, 0.717) is 6.54 Å². The molecule has 4 nitrogen and oxygen atoms in total. The number of hydrogen-bond donors (Lipinski definition) is 2. The summed E-state index contributed by atoms with van der Waals surface area (Å²) in [5, 5.41) is 12.0. The van der Waals surface area contributed by atoms with Crippen molar-refractivity contribution >= 4 is 0 Å². The van der Waals surface area contributed by atoms with Gasteiger partial charge in [-0.25, -0.2) is 0 Å². The SMILES string of the molecule is CCn1[nH]c(=O)cc1-c1cccc(O)c1. The lowest BCUT2D eigenvalue weighted by molar-refractivity contribution is 0.475. The molecule has 4 heteroatoms. The van der Waals surface area contributed by atoms with E-state index in [-0.39, 0.29) is 11.3 Å². The maximum absolute atomic E-state index is 11.2. The lowest BCUT2D eigenvalue weighted by atomic mass is 10.1. The smallest absolute Gasteiger partial charge is 0.264 e. The van der Waals surface area contributed by atoms with Crippen molar-refractivity contribution in [3.05, 3.63) is 40.7 Å². The Hall–Kier alpha value is -1.97. The van der Waals surface area contributed by atoms with Crippen LogP contribution in [0, 0.1) is 0 Å². The Morgan fingerprint density at radius 3 is 2.87 bits per heavy atom. The van der Waals surface area contributed by atoms with Crippen LogP contribution in [0.25, 0.3) is 11.3 Å². The largest absolute Gasteiger partial charge is 0.508 e. The number of aromatic hydroxyl groups is 1. The van der Waals surface area contributed by atoms with Gasteiger partial charge in [0.25, 0.3) is 5.56 Å². The summed E-state index contributed by atoms with van der Waals surface area (Å²) in [6.07, 6.45) is 0. The Kier molecular flexibility index (Phi) is 2.33. The topological polar surface area (TPSA) is 58.0 Å². The molecule has 2 aromatic rings. The molecule has 0 unspecified atom stereocenters. The zero-order chi connectivity index (χ0) is 10.8. The highest BCUT2D eigenvalue weighted by Crippen LogP contribution is 2.21. The molecule has 0 amide bonds. The van der Waals surface area contributed by atoms with E-state index in [9.17, 15) is 9.90 Å². The molecule has 0 aliphatic carbocycles. The van der Waals surface area contributed by atoms with Crippen LogP contribution >= 0.6 is 0 Å². The number of H-pyrrole nitrogens is 1. The Morgan fingerprint density at radius 1 is 1.40 bits per heavy atom. The highest BCUT2D eigenvalue weighted by molar-refractivity contribution is 5.61. The van der Waals surface area contributed by atoms with Crippen molar-refractivity contribution in [3.63, 3.8) is 0 Å². The van der Waals surface area contributed by atoms with Crippen molar-refractivity contribution in [3.8, 4) is 17.0 Å². The van der Waals surface area contributed by atoms with Gasteiger partial charge in [0.05, 0.1) is 5.69 Å². The summed E-state index contributed by atoms with van der Waals surface area (Å²) in [4.78, 5) is 11.2. The van der Waals surface area contributed by atoms with Gasteiger partial charge in [0.1, 0.15) is 5.75 Å². The van der Waals surface area contributed by atoms with Gasteiger partial charge in [0.15, 0.2) is 0 Å². The summed E-state index contributed by atoms with van der Waals surface area (Å²) in [5.41, 5.74) is 1.49. The summed E-state index contributed by atoms with van der Waals surface area (Å²) in [6, 6.07) is 8.37. The second kappa shape index (κ2) is 3.65. The van der Waals surface area contributed by atoms with Crippen molar-refractivity contribution in [1.29, 1.82) is 0 Å². The van der Waals surface area contributed by atoms with Gasteiger partial charge < -0.3 is 5.11 Å². The van der Waals surface area contributed by atoms with Crippen molar-refractivity contribution in [2.24, 2.45) is 0 Å². The number of aryl methyl sites for hydroxylation is 1. The van der Waals surface area contributed by atoms with Crippen LogP contribution in [0.4, 0.5) is 0 Å². The number of nitrogens with zero attached hydrogens (tertiary/aromatic N) is 1. The third-order valence-electron chi connectivity index (χ3n) is 2.26. The Bertz CT molecular complexity index is 525. The van der Waals surface area contributed by atoms with E-state index in [0.717, 1.165) is 11.3 Å². The zero-order valence-corrected chi connectivity index (χ0v) is 8.40. The predicted molar refractivity (Wildman–Crippen MR) is 57.8 cm³/mol. The van der Waals surface area contributed by atoms with E-state index in [1.165, 1.54) is 6.07 Å². The molecule has 0 bridgehead atoms. The normalized spacial score (nSPS) is 10.5. The van der Waals surface area contributed by atoms with Gasteiger partial charge in [-0.3, -0.25) is 14.6 Å². The fraction of sp³-hybridized carbons (Fsp3) is 0.182. The third-order valence-corrected chi connectivity index (χ3v) is 2.26. The van der Waals surface area contributed by atoms with Crippen LogP contribution in [0.15, 0.2) is 35.1 Å². The predicted octanol–water partition coefficient (Wildman–Crippen LogP) is 1.57. The molecule has 0 saturated carbocycles. The van der Waals surface area contributed by atoms with Gasteiger partial charge in [0.2, 0.25) is 0 Å². The number of phenols is 1. The molecule has 78 valence electrons. The number of aromatic amines is 1. The van der Waals surface area contributed by atoms with Crippen LogP contribution in [0.5, 0.6) is 5.75 Å². The second-order valence-corrected chi connectivity index (χ2v) is 3.30. The summed E-state index contributed by atoms with van der Waals surface area (Å²) < 4.78 is 1.75. The molecule has 15 heavy (non-hydrogen) atoms. The number of benzene rings is 1. The Balaban J connectivity index is 2.57. The Morgan fingerprint density at radius 2 is 2.20 bits per heavy atom. The third kappa shape index (κ3) is 1.79. The minimum absolute atomic E-state index is 0.129. The van der Waals surface area contributed by atoms with E-state index in [4.69, 9.17) is 0 Å². The zero-order valence-electron chi connectivity index (χ0n) is 8.40. The highest BCUT2D eigenvalue weighted by Gasteiger charge is 2.05. The monoisotopic (exact) mass is 204 g/mol. The van der Waals surface area contributed by atoms with Crippen LogP contribution in [-0.4, -0.2) is 14.9 Å². The van der Waals surface area contributed by atoms with Crippen molar-refractivity contribution in [1.82, 2.24) is 9.78 Å². The van der Waals surface area contributed by atoms with E-state index in [1.807, 2.05) is 13.0 Å². The number of phenolic OH excluding ortho intramolecular Hbond substituents is 1. The van der Waals surface area contributed by atoms with E-state index in [2.05, 4.69) is 5.10 Å². The summed E-state index contributed by atoms with van der Waals surface area (Å²) >= 11 is 0. The minimum atomic E-state index is -0.129. The average molecular weight is 204 g/mol. The number of nitrogens with one attached hydrogen (secondary N) is 1. The van der Waals surface area contributed by atoms with Gasteiger partial charge in [-0.15, -0.1) is 0 Å². The molecule has 1 heterocycles. The molecule has 0 fully saturated rings. The maximum Gasteiger partial charge on any atom is 0.264 e. The quantitative estimate of drug-likeness (QED) is 0.780. The number of rotatable bonds is 2. The number of aromatic nitrogens is 2. The Labute approximate surface area is 86.8 Å². The molecular formula is C11H12N2O2. The standard InChI is InChI=1S/C11H12N2O2/c1-2-13-10(7-11(15)12-13)8-4-3-5-9(14)6-8/h3-7,14H,2H2,1H3,(H,12,15). The maximum atomic E-state index is 11.2. The molecule has 1 aromatic carbocycles. The fourth-order valence-electron chi connectivity index (χ4n) is 1.58. The first-order chi connectivity index (χ1) is 7.20. The van der Waals surface area contributed by atoms with Crippen LogP contribution in [0.1, 0.15) is 6.92 Å². The van der Waals surface area contributed by atoms with E-state index < -0.39 is 0 Å². The minimum Gasteiger partial charge on any atom is -0.508 e. The molecule has 1 aromatic heterocycles. The molecule has 0 atom stereocenters. The molecule has 0 aliphatic heterocycles.